The van der Waals surface area contributed by atoms with Gasteiger partial charge in [-0.05, 0) is 37.3 Å². The number of hydrogen-bond acceptors (Lipinski definition) is 4. The van der Waals surface area contributed by atoms with Gasteiger partial charge in [-0.25, -0.2) is 4.79 Å². The molecule has 136 valence electrons. The molecular formula is C19H19ClN2O4. The molecule has 1 N–H and O–H groups in total. The summed E-state index contributed by atoms with van der Waals surface area (Å²) in [5.41, 5.74) is 0.657. The Labute approximate surface area is 156 Å². The molecule has 2 aromatic rings. The predicted molar refractivity (Wildman–Crippen MR) is 98.4 cm³/mol. The summed E-state index contributed by atoms with van der Waals surface area (Å²) in [4.78, 5) is 14.5. The van der Waals surface area contributed by atoms with Gasteiger partial charge in [0, 0.05) is 23.1 Å². The van der Waals surface area contributed by atoms with Gasteiger partial charge in [-0.15, -0.1) is 0 Å². The summed E-state index contributed by atoms with van der Waals surface area (Å²) in [6.45, 7) is 1.90. The van der Waals surface area contributed by atoms with Crippen molar-refractivity contribution in [3.63, 3.8) is 0 Å². The lowest BCUT2D eigenvalue weighted by molar-refractivity contribution is 0.0375. The van der Waals surface area contributed by atoms with E-state index in [9.17, 15) is 4.79 Å². The summed E-state index contributed by atoms with van der Waals surface area (Å²) in [6.07, 6.45) is 0.585. The fourth-order valence-corrected chi connectivity index (χ4v) is 3.86. The molecule has 2 aliphatic rings. The van der Waals surface area contributed by atoms with Crippen molar-refractivity contribution in [2.75, 3.05) is 19.1 Å². The number of amides is 2. The number of carbonyl (C=O) groups is 1. The highest BCUT2D eigenvalue weighted by Crippen LogP contribution is 2.48. The number of benzene rings is 2. The largest absolute Gasteiger partial charge is 0.497 e. The van der Waals surface area contributed by atoms with Crippen LogP contribution in [-0.2, 0) is 0 Å². The lowest BCUT2D eigenvalue weighted by atomic mass is 9.90. The summed E-state index contributed by atoms with van der Waals surface area (Å²) in [6, 6.07) is 10.4. The number of nitrogens with zero attached hydrogens (tertiary/aromatic N) is 1. The minimum atomic E-state index is -0.851. The van der Waals surface area contributed by atoms with E-state index in [1.54, 1.807) is 43.4 Å². The van der Waals surface area contributed by atoms with Crippen molar-refractivity contribution < 1.29 is 19.0 Å². The summed E-state index contributed by atoms with van der Waals surface area (Å²) < 4.78 is 17.0. The van der Waals surface area contributed by atoms with Gasteiger partial charge in [0.25, 0.3) is 0 Å². The van der Waals surface area contributed by atoms with E-state index in [1.165, 1.54) is 0 Å². The van der Waals surface area contributed by atoms with Crippen molar-refractivity contribution in [1.82, 2.24) is 5.32 Å². The number of urea groups is 1. The number of anilines is 1. The number of halogens is 1. The molecule has 2 amide bonds. The second kappa shape index (κ2) is 5.99. The highest BCUT2D eigenvalue weighted by molar-refractivity contribution is 6.30. The Bertz CT molecular complexity index is 888. The zero-order chi connectivity index (χ0) is 18.5. The SMILES string of the molecule is COc1ccc(N2C(=O)N[C@@H]3C[C@]2(C)Oc2ccc(Cl)cc23)c(OC)c1. The van der Waals surface area contributed by atoms with Crippen LogP contribution in [0.15, 0.2) is 36.4 Å². The van der Waals surface area contributed by atoms with Crippen LogP contribution in [-0.4, -0.2) is 26.0 Å². The maximum atomic E-state index is 12.9. The van der Waals surface area contributed by atoms with E-state index < -0.39 is 5.72 Å². The van der Waals surface area contributed by atoms with Crippen LogP contribution in [0, 0.1) is 0 Å². The van der Waals surface area contributed by atoms with E-state index in [1.807, 2.05) is 19.1 Å². The monoisotopic (exact) mass is 374 g/mol. The zero-order valence-corrected chi connectivity index (χ0v) is 15.5. The first kappa shape index (κ1) is 16.8. The van der Waals surface area contributed by atoms with Gasteiger partial charge in [0.2, 0.25) is 0 Å². The lowest BCUT2D eigenvalue weighted by Crippen LogP contribution is -2.65. The van der Waals surface area contributed by atoms with E-state index in [-0.39, 0.29) is 12.1 Å². The smallest absolute Gasteiger partial charge is 0.325 e. The second-order valence-corrected chi connectivity index (χ2v) is 6.98. The van der Waals surface area contributed by atoms with Gasteiger partial charge in [0.15, 0.2) is 5.72 Å². The van der Waals surface area contributed by atoms with Crippen LogP contribution in [0.1, 0.15) is 24.9 Å². The van der Waals surface area contributed by atoms with Crippen molar-refractivity contribution >= 4 is 23.3 Å². The molecule has 1 fully saturated rings. The first-order valence-electron chi connectivity index (χ1n) is 8.26. The van der Waals surface area contributed by atoms with Crippen molar-refractivity contribution in [2.24, 2.45) is 0 Å². The average molecular weight is 375 g/mol. The third kappa shape index (κ3) is 2.52. The first-order valence-corrected chi connectivity index (χ1v) is 8.64. The Morgan fingerprint density at radius 1 is 1.23 bits per heavy atom. The van der Waals surface area contributed by atoms with E-state index in [4.69, 9.17) is 25.8 Å². The molecule has 0 spiro atoms. The molecular weight excluding hydrogens is 356 g/mol. The van der Waals surface area contributed by atoms with Crippen LogP contribution in [0.5, 0.6) is 17.2 Å². The Kier molecular flexibility index (Phi) is 3.88. The van der Waals surface area contributed by atoms with Gasteiger partial charge in [-0.2, -0.15) is 0 Å². The highest BCUT2D eigenvalue weighted by Gasteiger charge is 2.50. The standard InChI is InChI=1S/C19H19ClN2O4/c1-19-10-14(13-8-11(20)4-7-16(13)26-19)21-18(23)22(19)15-6-5-12(24-2)9-17(15)25-3/h4-9,14H,10H2,1-3H3,(H,21,23)/t14-,19+/m1/s1. The van der Waals surface area contributed by atoms with Crippen LogP contribution in [0.25, 0.3) is 0 Å². The molecule has 2 atom stereocenters. The minimum Gasteiger partial charge on any atom is -0.497 e. The molecule has 0 aromatic heterocycles. The van der Waals surface area contributed by atoms with Gasteiger partial charge in [0.05, 0.1) is 25.9 Å². The van der Waals surface area contributed by atoms with Crippen molar-refractivity contribution in [2.45, 2.75) is 25.1 Å². The summed E-state index contributed by atoms with van der Waals surface area (Å²) in [5.74, 6) is 1.89. The molecule has 2 heterocycles. The van der Waals surface area contributed by atoms with Crippen LogP contribution >= 0.6 is 11.6 Å². The quantitative estimate of drug-likeness (QED) is 0.877. The first-order chi connectivity index (χ1) is 12.4. The van der Waals surface area contributed by atoms with E-state index in [2.05, 4.69) is 5.32 Å². The molecule has 0 saturated carbocycles. The summed E-state index contributed by atoms with van der Waals surface area (Å²) >= 11 is 6.11. The van der Waals surface area contributed by atoms with Crippen LogP contribution in [0.3, 0.4) is 0 Å². The zero-order valence-electron chi connectivity index (χ0n) is 14.7. The average Bonchev–Trinajstić information content (AvgIpc) is 2.62. The number of nitrogens with one attached hydrogen (secondary N) is 1. The third-order valence-electron chi connectivity index (χ3n) is 4.86. The van der Waals surface area contributed by atoms with Crippen molar-refractivity contribution in [3.8, 4) is 17.2 Å². The topological polar surface area (TPSA) is 60.0 Å². The van der Waals surface area contributed by atoms with Crippen LogP contribution < -0.4 is 24.4 Å². The van der Waals surface area contributed by atoms with E-state index in [0.717, 1.165) is 5.56 Å². The lowest BCUT2D eigenvalue weighted by Gasteiger charge is -2.50. The highest BCUT2D eigenvalue weighted by atomic mass is 35.5. The third-order valence-corrected chi connectivity index (χ3v) is 5.10. The van der Waals surface area contributed by atoms with E-state index in [0.29, 0.717) is 34.4 Å². The maximum absolute atomic E-state index is 12.9. The minimum absolute atomic E-state index is 0.157. The molecule has 4 rings (SSSR count). The number of hydrogen-bond donors (Lipinski definition) is 1. The summed E-state index contributed by atoms with van der Waals surface area (Å²) in [7, 11) is 3.14. The Hall–Kier alpha value is -2.60. The van der Waals surface area contributed by atoms with Gasteiger partial charge in [-0.1, -0.05) is 11.6 Å². The number of methoxy groups -OCH3 is 2. The Balaban J connectivity index is 1.80. The number of rotatable bonds is 3. The molecule has 26 heavy (non-hydrogen) atoms. The molecule has 0 radical (unpaired) electrons. The second-order valence-electron chi connectivity index (χ2n) is 6.54. The Morgan fingerprint density at radius 2 is 2.04 bits per heavy atom. The van der Waals surface area contributed by atoms with Gasteiger partial charge < -0.3 is 19.5 Å². The maximum Gasteiger partial charge on any atom is 0.325 e. The summed E-state index contributed by atoms with van der Waals surface area (Å²) in [5, 5.41) is 3.66. The molecule has 6 nitrogen and oxygen atoms in total. The van der Waals surface area contributed by atoms with Crippen molar-refractivity contribution in [3.05, 3.63) is 47.0 Å². The fourth-order valence-electron chi connectivity index (χ4n) is 3.68. The Morgan fingerprint density at radius 3 is 2.77 bits per heavy atom. The molecule has 2 aliphatic heterocycles. The number of carbonyl (C=O) groups excluding carboxylic acids is 1. The van der Waals surface area contributed by atoms with Crippen molar-refractivity contribution in [1.29, 1.82) is 0 Å². The van der Waals surface area contributed by atoms with E-state index >= 15 is 0 Å². The van der Waals surface area contributed by atoms with Gasteiger partial charge >= 0.3 is 6.03 Å². The molecule has 7 heteroatoms. The fraction of sp³-hybridized carbons (Fsp3) is 0.316. The molecule has 1 saturated heterocycles. The van der Waals surface area contributed by atoms with Gasteiger partial charge in [-0.3, -0.25) is 4.90 Å². The molecule has 0 aliphatic carbocycles. The molecule has 0 unspecified atom stereocenters. The molecule has 2 bridgehead atoms. The molecule has 2 aromatic carbocycles. The normalized spacial score (nSPS) is 23.6. The number of ether oxygens (including phenoxy) is 3. The van der Waals surface area contributed by atoms with Crippen LogP contribution in [0.4, 0.5) is 10.5 Å². The number of fused-ring (bicyclic) bond motifs is 4. The van der Waals surface area contributed by atoms with Gasteiger partial charge in [0.1, 0.15) is 17.2 Å². The predicted octanol–water partition coefficient (Wildman–Crippen LogP) is 4.13. The van der Waals surface area contributed by atoms with Crippen LogP contribution in [0.2, 0.25) is 5.02 Å².